The molecule has 2 aliphatic heterocycles. The number of fused-ring (bicyclic) bond motifs is 2. The van der Waals surface area contributed by atoms with Gasteiger partial charge in [-0.15, -0.1) is 0 Å². The normalized spacial score (nSPS) is 26.0. The van der Waals surface area contributed by atoms with Crippen LogP contribution in [0.3, 0.4) is 0 Å². The summed E-state index contributed by atoms with van der Waals surface area (Å²) < 4.78 is 5.78. The van der Waals surface area contributed by atoms with Gasteiger partial charge in [0.1, 0.15) is 11.6 Å². The predicted molar refractivity (Wildman–Crippen MR) is 122 cm³/mol. The lowest BCUT2D eigenvalue weighted by Gasteiger charge is -2.51. The molecule has 0 spiro atoms. The molecule has 164 valence electrons. The van der Waals surface area contributed by atoms with Crippen molar-refractivity contribution in [3.8, 4) is 5.75 Å². The van der Waals surface area contributed by atoms with E-state index in [9.17, 15) is 9.90 Å². The quantitative estimate of drug-likeness (QED) is 0.565. The third-order valence-corrected chi connectivity index (χ3v) is 6.80. The number of ether oxygens (including phenoxy) is 1. The van der Waals surface area contributed by atoms with Gasteiger partial charge in [-0.1, -0.05) is 25.6 Å². The average Bonchev–Trinajstić information content (AvgIpc) is 3.03. The highest BCUT2D eigenvalue weighted by Crippen LogP contribution is 2.44. The van der Waals surface area contributed by atoms with Crippen molar-refractivity contribution in [3.63, 3.8) is 0 Å². The molecule has 1 amide bonds. The maximum absolute atomic E-state index is 12.5. The number of para-hydroxylation sites is 1. The van der Waals surface area contributed by atoms with E-state index in [0.717, 1.165) is 23.2 Å². The second-order valence-electron chi connectivity index (χ2n) is 8.52. The number of amides is 1. The highest BCUT2D eigenvalue weighted by molar-refractivity contribution is 5.88. The van der Waals surface area contributed by atoms with Crippen molar-refractivity contribution in [2.45, 2.75) is 38.3 Å². The van der Waals surface area contributed by atoms with E-state index < -0.39 is 0 Å². The summed E-state index contributed by atoms with van der Waals surface area (Å²) in [5.41, 5.74) is 16.6. The van der Waals surface area contributed by atoms with Crippen molar-refractivity contribution < 1.29 is 14.6 Å². The average molecular weight is 423 g/mol. The number of nitrogens with zero attached hydrogens (tertiary/aromatic N) is 1. The Morgan fingerprint density at radius 1 is 1.35 bits per heavy atom. The highest BCUT2D eigenvalue weighted by Gasteiger charge is 2.46. The van der Waals surface area contributed by atoms with Gasteiger partial charge in [0.2, 0.25) is 5.91 Å². The molecule has 7 nitrogen and oxygen atoms in total. The van der Waals surface area contributed by atoms with Gasteiger partial charge in [0.25, 0.3) is 0 Å². The van der Waals surface area contributed by atoms with Crippen LogP contribution in [0.1, 0.15) is 41.6 Å². The molecular formula is C24H30N4O3. The standard InChI is InChI=1S/C24H30N4O3/c1-4-22(30)28-15-9-17(13(2)20(28)12-31-11-15)23-14(3)18(24(26)27-23)10-19(25)16-7-5-6-8-21(16)29/h4-8,10,13,15,17,20,27,29H,1,9,11-12,25-26H2,2-3H3/b19-10-. The number of H-pyrrole nitrogens is 1. The minimum Gasteiger partial charge on any atom is -0.507 e. The van der Waals surface area contributed by atoms with E-state index in [1.165, 1.54) is 6.08 Å². The van der Waals surface area contributed by atoms with Crippen LogP contribution in [-0.2, 0) is 9.53 Å². The Morgan fingerprint density at radius 2 is 2.10 bits per heavy atom. The van der Waals surface area contributed by atoms with Crippen molar-refractivity contribution in [3.05, 3.63) is 59.3 Å². The zero-order valence-corrected chi connectivity index (χ0v) is 18.0. The molecule has 2 bridgehead atoms. The predicted octanol–water partition coefficient (Wildman–Crippen LogP) is 2.97. The van der Waals surface area contributed by atoms with Crippen LogP contribution in [0.15, 0.2) is 36.9 Å². The monoisotopic (exact) mass is 422 g/mol. The minimum atomic E-state index is -0.0367. The molecule has 1 aromatic carbocycles. The fraction of sp³-hybridized carbons (Fsp3) is 0.375. The number of aromatic hydroxyl groups is 1. The van der Waals surface area contributed by atoms with E-state index in [1.807, 2.05) is 24.0 Å². The Balaban J connectivity index is 1.68. The Morgan fingerprint density at radius 3 is 2.81 bits per heavy atom. The van der Waals surface area contributed by atoms with Crippen LogP contribution < -0.4 is 11.5 Å². The van der Waals surface area contributed by atoms with Gasteiger partial charge in [-0.05, 0) is 49.1 Å². The topological polar surface area (TPSA) is 118 Å². The van der Waals surface area contributed by atoms with Gasteiger partial charge in [-0.3, -0.25) is 4.79 Å². The van der Waals surface area contributed by atoms with Crippen molar-refractivity contribution in [2.24, 2.45) is 11.7 Å². The maximum atomic E-state index is 12.5. The first-order valence-corrected chi connectivity index (χ1v) is 10.6. The molecule has 3 heterocycles. The lowest BCUT2D eigenvalue weighted by atomic mass is 9.74. The van der Waals surface area contributed by atoms with E-state index in [1.54, 1.807) is 18.2 Å². The zero-order chi connectivity index (χ0) is 22.3. The van der Waals surface area contributed by atoms with E-state index >= 15 is 0 Å². The number of anilines is 1. The summed E-state index contributed by atoms with van der Waals surface area (Å²) in [6.45, 7) is 8.91. The number of nitrogens with two attached hydrogens (primary N) is 2. The fourth-order valence-corrected chi connectivity index (χ4v) is 5.11. The second kappa shape index (κ2) is 8.15. The summed E-state index contributed by atoms with van der Waals surface area (Å²) in [6, 6.07) is 6.98. The van der Waals surface area contributed by atoms with Crippen LogP contribution in [0, 0.1) is 12.8 Å². The Bertz CT molecular complexity index is 1040. The summed E-state index contributed by atoms with van der Waals surface area (Å²) in [7, 11) is 0. The maximum Gasteiger partial charge on any atom is 0.246 e. The summed E-state index contributed by atoms with van der Waals surface area (Å²) in [6.07, 6.45) is 3.99. The Hall–Kier alpha value is -3.19. The molecule has 7 heteroatoms. The van der Waals surface area contributed by atoms with Crippen LogP contribution in [-0.4, -0.2) is 46.2 Å². The van der Waals surface area contributed by atoms with Crippen molar-refractivity contribution >= 4 is 23.5 Å². The first kappa shape index (κ1) is 21.1. The van der Waals surface area contributed by atoms with Gasteiger partial charge in [0.05, 0.1) is 25.3 Å². The molecule has 4 rings (SSSR count). The number of piperidine rings is 1. The number of hydrogen-bond donors (Lipinski definition) is 4. The van der Waals surface area contributed by atoms with Crippen LogP contribution in [0.5, 0.6) is 5.75 Å². The SMILES string of the molecule is C=CC(=O)N1C2COCC1C(C)C(c1[nH]c(N)c(/C=C(\N)c3ccccc3O)c1C)C2. The summed E-state index contributed by atoms with van der Waals surface area (Å²) in [4.78, 5) is 17.8. The largest absolute Gasteiger partial charge is 0.507 e. The van der Waals surface area contributed by atoms with Crippen molar-refractivity contribution in [1.29, 1.82) is 0 Å². The number of rotatable bonds is 4. The first-order chi connectivity index (χ1) is 14.8. The van der Waals surface area contributed by atoms with E-state index in [2.05, 4.69) is 18.5 Å². The zero-order valence-electron chi connectivity index (χ0n) is 18.0. The molecule has 1 aromatic heterocycles. The van der Waals surface area contributed by atoms with Crippen LogP contribution in [0.2, 0.25) is 0 Å². The van der Waals surface area contributed by atoms with E-state index in [4.69, 9.17) is 16.2 Å². The number of nitrogen functional groups attached to an aromatic ring is 1. The van der Waals surface area contributed by atoms with Gasteiger partial charge < -0.3 is 31.2 Å². The summed E-state index contributed by atoms with van der Waals surface area (Å²) in [5, 5.41) is 10.1. The van der Waals surface area contributed by atoms with Gasteiger partial charge >= 0.3 is 0 Å². The number of aromatic nitrogens is 1. The number of benzene rings is 1. The molecule has 4 atom stereocenters. The Labute approximate surface area is 182 Å². The number of morpholine rings is 1. The molecule has 2 fully saturated rings. The van der Waals surface area contributed by atoms with Crippen LogP contribution in [0.25, 0.3) is 11.8 Å². The molecule has 4 unspecified atom stereocenters. The molecule has 2 aliphatic rings. The lowest BCUT2D eigenvalue weighted by Crippen LogP contribution is -2.61. The number of hydrogen-bond acceptors (Lipinski definition) is 5. The molecule has 2 aromatic rings. The molecule has 0 aliphatic carbocycles. The van der Waals surface area contributed by atoms with Gasteiger partial charge in [-0.2, -0.15) is 0 Å². The minimum absolute atomic E-state index is 0.00254. The van der Waals surface area contributed by atoms with E-state index in [0.29, 0.717) is 30.3 Å². The third kappa shape index (κ3) is 3.59. The number of carbonyl (C=O) groups excluding carboxylic acids is 1. The molecule has 31 heavy (non-hydrogen) atoms. The molecule has 0 radical (unpaired) electrons. The van der Waals surface area contributed by atoms with Crippen LogP contribution >= 0.6 is 0 Å². The number of phenols is 1. The molecule has 6 N–H and O–H groups in total. The summed E-state index contributed by atoms with van der Waals surface area (Å²) in [5.74, 6) is 1.03. The third-order valence-electron chi connectivity index (χ3n) is 6.80. The van der Waals surface area contributed by atoms with Crippen LogP contribution in [0.4, 0.5) is 5.82 Å². The smallest absolute Gasteiger partial charge is 0.246 e. The Kier molecular flexibility index (Phi) is 5.54. The number of aromatic amines is 1. The fourth-order valence-electron chi connectivity index (χ4n) is 5.11. The number of carbonyl (C=O) groups is 1. The van der Waals surface area contributed by atoms with Crippen molar-refractivity contribution in [2.75, 3.05) is 18.9 Å². The molecule has 2 saturated heterocycles. The number of nitrogens with one attached hydrogen (secondary N) is 1. The van der Waals surface area contributed by atoms with Gasteiger partial charge in [0, 0.05) is 28.4 Å². The second-order valence-corrected chi connectivity index (χ2v) is 8.52. The lowest BCUT2D eigenvalue weighted by molar-refractivity contribution is -0.151. The highest BCUT2D eigenvalue weighted by atomic mass is 16.5. The van der Waals surface area contributed by atoms with Gasteiger partial charge in [-0.25, -0.2) is 0 Å². The number of phenolic OH excluding ortho intramolecular Hbond substituents is 1. The van der Waals surface area contributed by atoms with Gasteiger partial charge in [0.15, 0.2) is 0 Å². The van der Waals surface area contributed by atoms with E-state index in [-0.39, 0.29) is 35.6 Å². The summed E-state index contributed by atoms with van der Waals surface area (Å²) >= 11 is 0. The first-order valence-electron chi connectivity index (χ1n) is 10.6. The molecule has 0 saturated carbocycles. The molecular weight excluding hydrogens is 392 g/mol. The van der Waals surface area contributed by atoms with Crippen molar-refractivity contribution in [1.82, 2.24) is 9.88 Å².